The van der Waals surface area contributed by atoms with E-state index in [9.17, 15) is 9.59 Å². The predicted octanol–water partition coefficient (Wildman–Crippen LogP) is 4.19. The zero-order valence-electron chi connectivity index (χ0n) is 12.8. The largest absolute Gasteiger partial charge is 0.492 e. The van der Waals surface area contributed by atoms with Crippen LogP contribution in [0, 0.1) is 0 Å². The molecule has 0 unspecified atom stereocenters. The third-order valence-corrected chi connectivity index (χ3v) is 3.79. The van der Waals surface area contributed by atoms with E-state index in [1.54, 1.807) is 36.4 Å². The maximum atomic E-state index is 12.0. The Morgan fingerprint density at radius 2 is 1.83 bits per heavy atom. The summed E-state index contributed by atoms with van der Waals surface area (Å²) in [4.78, 5) is 23.9. The van der Waals surface area contributed by atoms with Crippen LogP contribution < -0.4 is 10.1 Å². The first-order valence-electron chi connectivity index (χ1n) is 7.15. The Morgan fingerprint density at radius 3 is 2.58 bits per heavy atom. The van der Waals surface area contributed by atoms with E-state index < -0.39 is 18.5 Å². The molecule has 0 saturated carbocycles. The first kappa shape index (κ1) is 18.1. The molecule has 24 heavy (non-hydrogen) atoms. The summed E-state index contributed by atoms with van der Waals surface area (Å²) in [7, 11) is 0. The van der Waals surface area contributed by atoms with E-state index in [-0.39, 0.29) is 15.6 Å². The van der Waals surface area contributed by atoms with Crippen molar-refractivity contribution >= 4 is 40.8 Å². The van der Waals surface area contributed by atoms with Gasteiger partial charge in [-0.25, -0.2) is 4.79 Å². The Morgan fingerprint density at radius 1 is 1.08 bits per heavy atom. The fourth-order valence-electron chi connectivity index (χ4n) is 1.91. The summed E-state index contributed by atoms with van der Waals surface area (Å²) < 4.78 is 10.4. The van der Waals surface area contributed by atoms with Crippen molar-refractivity contribution in [3.63, 3.8) is 0 Å². The zero-order chi connectivity index (χ0) is 17.5. The summed E-state index contributed by atoms with van der Waals surface area (Å²) >= 11 is 11.8. The first-order chi connectivity index (χ1) is 11.5. The minimum atomic E-state index is -0.726. The summed E-state index contributed by atoms with van der Waals surface area (Å²) in [6, 6.07) is 11.6. The van der Waals surface area contributed by atoms with Gasteiger partial charge in [-0.15, -0.1) is 0 Å². The predicted molar refractivity (Wildman–Crippen MR) is 93.0 cm³/mol. The van der Waals surface area contributed by atoms with Crippen molar-refractivity contribution in [2.24, 2.45) is 0 Å². The second-order valence-electron chi connectivity index (χ2n) is 4.65. The van der Waals surface area contributed by atoms with Gasteiger partial charge in [-0.05, 0) is 31.2 Å². The molecule has 2 rings (SSSR count). The number of esters is 1. The summed E-state index contributed by atoms with van der Waals surface area (Å²) in [6.45, 7) is 1.85. The zero-order valence-corrected chi connectivity index (χ0v) is 14.4. The van der Waals surface area contributed by atoms with Crippen LogP contribution in [0.2, 0.25) is 10.0 Å². The van der Waals surface area contributed by atoms with Crippen LogP contribution in [0.5, 0.6) is 5.75 Å². The van der Waals surface area contributed by atoms with Crippen LogP contribution in [-0.2, 0) is 9.53 Å². The van der Waals surface area contributed by atoms with E-state index in [0.29, 0.717) is 18.0 Å². The van der Waals surface area contributed by atoms with E-state index in [2.05, 4.69) is 5.32 Å². The van der Waals surface area contributed by atoms with Gasteiger partial charge in [-0.1, -0.05) is 41.4 Å². The van der Waals surface area contributed by atoms with Gasteiger partial charge in [0.25, 0.3) is 5.91 Å². The van der Waals surface area contributed by atoms with Gasteiger partial charge in [-0.3, -0.25) is 4.79 Å². The molecule has 0 aromatic heterocycles. The molecule has 0 radical (unpaired) electrons. The standard InChI is InChI=1S/C17H15Cl2NO4/c1-2-23-14-9-4-3-8-13(14)20-15(21)10-24-17(22)11-6-5-7-12(18)16(11)19/h3-9H,2,10H2,1H3,(H,20,21). The van der Waals surface area contributed by atoms with Gasteiger partial charge < -0.3 is 14.8 Å². The highest BCUT2D eigenvalue weighted by molar-refractivity contribution is 6.43. The number of amides is 1. The Kier molecular flexibility index (Phi) is 6.46. The van der Waals surface area contributed by atoms with Gasteiger partial charge in [0.1, 0.15) is 5.75 Å². The van der Waals surface area contributed by atoms with E-state index >= 15 is 0 Å². The molecule has 5 nitrogen and oxygen atoms in total. The lowest BCUT2D eigenvalue weighted by Gasteiger charge is -2.11. The van der Waals surface area contributed by atoms with Gasteiger partial charge in [0.05, 0.1) is 27.9 Å². The minimum absolute atomic E-state index is 0.0891. The molecule has 1 N–H and O–H groups in total. The summed E-state index contributed by atoms with van der Waals surface area (Å²) in [5.74, 6) is -0.679. The van der Waals surface area contributed by atoms with Crippen molar-refractivity contribution in [3.05, 3.63) is 58.1 Å². The van der Waals surface area contributed by atoms with Gasteiger partial charge in [0, 0.05) is 0 Å². The number of ether oxygens (including phenoxy) is 2. The highest BCUT2D eigenvalue weighted by Crippen LogP contribution is 2.26. The third-order valence-electron chi connectivity index (χ3n) is 2.97. The number of rotatable bonds is 6. The minimum Gasteiger partial charge on any atom is -0.492 e. The number of nitrogens with one attached hydrogen (secondary N) is 1. The molecule has 0 heterocycles. The molecule has 0 spiro atoms. The number of carbonyl (C=O) groups excluding carboxylic acids is 2. The fraction of sp³-hybridized carbons (Fsp3) is 0.176. The smallest absolute Gasteiger partial charge is 0.340 e. The number of benzene rings is 2. The summed E-state index contributed by atoms with van der Waals surface area (Å²) in [6.07, 6.45) is 0. The van der Waals surface area contributed by atoms with Gasteiger partial charge in [-0.2, -0.15) is 0 Å². The van der Waals surface area contributed by atoms with Crippen molar-refractivity contribution in [2.75, 3.05) is 18.5 Å². The van der Waals surface area contributed by atoms with Crippen LogP contribution in [0.1, 0.15) is 17.3 Å². The molecule has 0 aliphatic rings. The number of halogens is 2. The van der Waals surface area contributed by atoms with Gasteiger partial charge in [0.15, 0.2) is 6.61 Å². The van der Waals surface area contributed by atoms with Crippen LogP contribution in [0.15, 0.2) is 42.5 Å². The van der Waals surface area contributed by atoms with Crippen LogP contribution in [0.25, 0.3) is 0 Å². The highest BCUT2D eigenvalue weighted by Gasteiger charge is 2.16. The number of carbonyl (C=O) groups is 2. The molecule has 0 aliphatic carbocycles. The molecule has 0 atom stereocenters. The Hall–Kier alpha value is -2.24. The maximum Gasteiger partial charge on any atom is 0.340 e. The van der Waals surface area contributed by atoms with E-state index in [4.69, 9.17) is 32.7 Å². The van der Waals surface area contributed by atoms with Crippen LogP contribution in [0.4, 0.5) is 5.69 Å². The third kappa shape index (κ3) is 4.63. The van der Waals surface area contributed by atoms with Crippen molar-refractivity contribution in [3.8, 4) is 5.75 Å². The lowest BCUT2D eigenvalue weighted by Crippen LogP contribution is -2.21. The van der Waals surface area contributed by atoms with E-state index in [1.807, 2.05) is 6.92 Å². The lowest BCUT2D eigenvalue weighted by atomic mass is 10.2. The number of hydrogen-bond donors (Lipinski definition) is 1. The molecule has 0 saturated heterocycles. The van der Waals surface area contributed by atoms with Crippen molar-refractivity contribution in [2.45, 2.75) is 6.92 Å². The quantitative estimate of drug-likeness (QED) is 0.777. The number of para-hydroxylation sites is 2. The average molecular weight is 368 g/mol. The second kappa shape index (κ2) is 8.57. The number of hydrogen-bond acceptors (Lipinski definition) is 4. The molecular weight excluding hydrogens is 353 g/mol. The SMILES string of the molecule is CCOc1ccccc1NC(=O)COC(=O)c1cccc(Cl)c1Cl. The topological polar surface area (TPSA) is 64.6 Å². The molecular formula is C17H15Cl2NO4. The molecule has 2 aromatic carbocycles. The van der Waals surface area contributed by atoms with Crippen molar-refractivity contribution in [1.82, 2.24) is 0 Å². The highest BCUT2D eigenvalue weighted by atomic mass is 35.5. The van der Waals surface area contributed by atoms with Crippen molar-refractivity contribution in [1.29, 1.82) is 0 Å². The van der Waals surface area contributed by atoms with Crippen LogP contribution >= 0.6 is 23.2 Å². The molecule has 0 fully saturated rings. The Bertz CT molecular complexity index is 749. The van der Waals surface area contributed by atoms with Gasteiger partial charge in [0.2, 0.25) is 0 Å². The molecule has 0 aliphatic heterocycles. The molecule has 2 aromatic rings. The molecule has 7 heteroatoms. The lowest BCUT2D eigenvalue weighted by molar-refractivity contribution is -0.119. The van der Waals surface area contributed by atoms with Crippen LogP contribution in [-0.4, -0.2) is 25.1 Å². The maximum absolute atomic E-state index is 12.0. The van der Waals surface area contributed by atoms with Gasteiger partial charge >= 0.3 is 5.97 Å². The monoisotopic (exact) mass is 367 g/mol. The first-order valence-corrected chi connectivity index (χ1v) is 7.91. The Balaban J connectivity index is 1.96. The molecule has 0 bridgehead atoms. The molecule has 126 valence electrons. The normalized spacial score (nSPS) is 10.1. The van der Waals surface area contributed by atoms with Crippen LogP contribution in [0.3, 0.4) is 0 Å². The molecule has 1 amide bonds. The Labute approximate surface area is 149 Å². The van der Waals surface area contributed by atoms with E-state index in [0.717, 1.165) is 0 Å². The second-order valence-corrected chi connectivity index (χ2v) is 5.44. The van der Waals surface area contributed by atoms with Crippen molar-refractivity contribution < 1.29 is 19.1 Å². The fourth-order valence-corrected chi connectivity index (χ4v) is 2.29. The average Bonchev–Trinajstić information content (AvgIpc) is 2.57. The number of anilines is 1. The summed E-state index contributed by atoms with van der Waals surface area (Å²) in [5.41, 5.74) is 0.605. The summed E-state index contributed by atoms with van der Waals surface area (Å²) in [5, 5.41) is 2.95. The van der Waals surface area contributed by atoms with E-state index in [1.165, 1.54) is 6.07 Å².